The van der Waals surface area contributed by atoms with E-state index >= 15 is 0 Å². The maximum absolute atomic E-state index is 12.3. The van der Waals surface area contributed by atoms with Crippen LogP contribution in [0.15, 0.2) is 48.5 Å². The first kappa shape index (κ1) is 17.1. The molecule has 0 radical (unpaired) electrons. The Hall–Kier alpha value is -2.29. The van der Waals surface area contributed by atoms with Crippen LogP contribution in [0.5, 0.6) is 5.75 Å². The van der Waals surface area contributed by atoms with Crippen LogP contribution in [0.25, 0.3) is 0 Å². The zero-order valence-corrected chi connectivity index (χ0v) is 14.4. The molecule has 0 N–H and O–H groups in total. The van der Waals surface area contributed by atoms with Gasteiger partial charge in [-0.3, -0.25) is 4.79 Å². The molecule has 0 spiro atoms. The van der Waals surface area contributed by atoms with Crippen molar-refractivity contribution in [1.82, 2.24) is 4.90 Å². The van der Waals surface area contributed by atoms with Crippen LogP contribution in [-0.4, -0.2) is 24.5 Å². The van der Waals surface area contributed by atoms with E-state index in [2.05, 4.69) is 26.0 Å². The first-order valence-corrected chi connectivity index (χ1v) is 7.98. The lowest BCUT2D eigenvalue weighted by Gasteiger charge is -2.19. The molecule has 2 aromatic rings. The molecule has 0 aliphatic rings. The van der Waals surface area contributed by atoms with Gasteiger partial charge in [0.15, 0.2) is 6.61 Å². The summed E-state index contributed by atoms with van der Waals surface area (Å²) >= 11 is 0. The number of nitrogens with zero attached hydrogens (tertiary/aromatic N) is 1. The molecule has 122 valence electrons. The van der Waals surface area contributed by atoms with Crippen LogP contribution in [0, 0.1) is 6.92 Å². The molecule has 3 heteroatoms. The molecule has 0 aliphatic carbocycles. The van der Waals surface area contributed by atoms with Gasteiger partial charge in [-0.1, -0.05) is 56.3 Å². The Morgan fingerprint density at radius 1 is 1.13 bits per heavy atom. The Morgan fingerprint density at radius 3 is 2.48 bits per heavy atom. The van der Waals surface area contributed by atoms with Crippen molar-refractivity contribution < 1.29 is 9.53 Å². The molecule has 0 saturated carbocycles. The van der Waals surface area contributed by atoms with Gasteiger partial charge in [-0.25, -0.2) is 0 Å². The standard InChI is InChI=1S/C20H25NO2/c1-15(2)18-11-10-16(3)12-19(18)23-14-20(22)21(4)13-17-8-6-5-7-9-17/h5-12,15H,13-14H2,1-4H3. The minimum atomic E-state index is -0.0231. The Kier molecular flexibility index (Phi) is 5.80. The molecule has 3 nitrogen and oxygen atoms in total. The van der Waals surface area contributed by atoms with Crippen molar-refractivity contribution >= 4 is 5.91 Å². The Bertz CT molecular complexity index is 650. The average Bonchev–Trinajstić information content (AvgIpc) is 2.53. The number of amides is 1. The minimum Gasteiger partial charge on any atom is -0.483 e. The summed E-state index contributed by atoms with van der Waals surface area (Å²) < 4.78 is 5.81. The predicted octanol–water partition coefficient (Wildman–Crippen LogP) is 4.16. The molecule has 2 rings (SSSR count). The van der Waals surface area contributed by atoms with Gasteiger partial charge in [0.1, 0.15) is 5.75 Å². The number of hydrogen-bond donors (Lipinski definition) is 0. The van der Waals surface area contributed by atoms with E-state index in [1.807, 2.05) is 43.3 Å². The second-order valence-corrected chi connectivity index (χ2v) is 6.22. The van der Waals surface area contributed by atoms with E-state index in [1.54, 1.807) is 11.9 Å². The molecule has 0 bridgehead atoms. The van der Waals surface area contributed by atoms with E-state index < -0.39 is 0 Å². The van der Waals surface area contributed by atoms with Gasteiger partial charge in [0.25, 0.3) is 5.91 Å². The van der Waals surface area contributed by atoms with Crippen molar-refractivity contribution in [1.29, 1.82) is 0 Å². The van der Waals surface area contributed by atoms with Crippen molar-refractivity contribution in [3.05, 3.63) is 65.2 Å². The van der Waals surface area contributed by atoms with Gasteiger partial charge in [-0.15, -0.1) is 0 Å². The molecule has 0 aliphatic heterocycles. The molecule has 23 heavy (non-hydrogen) atoms. The maximum Gasteiger partial charge on any atom is 0.260 e. The lowest BCUT2D eigenvalue weighted by atomic mass is 10.0. The van der Waals surface area contributed by atoms with Crippen LogP contribution in [0.2, 0.25) is 0 Å². The second kappa shape index (κ2) is 7.82. The fraction of sp³-hybridized carbons (Fsp3) is 0.350. The van der Waals surface area contributed by atoms with Crippen LogP contribution in [-0.2, 0) is 11.3 Å². The normalized spacial score (nSPS) is 10.7. The summed E-state index contributed by atoms with van der Waals surface area (Å²) in [6.07, 6.45) is 0. The van der Waals surface area contributed by atoms with Crippen molar-refractivity contribution in [2.24, 2.45) is 0 Å². The minimum absolute atomic E-state index is 0.0231. The zero-order valence-electron chi connectivity index (χ0n) is 14.4. The van der Waals surface area contributed by atoms with Crippen molar-refractivity contribution in [3.8, 4) is 5.75 Å². The lowest BCUT2D eigenvalue weighted by molar-refractivity contribution is -0.132. The molecular formula is C20H25NO2. The van der Waals surface area contributed by atoms with Gasteiger partial charge in [-0.05, 0) is 35.6 Å². The topological polar surface area (TPSA) is 29.5 Å². The number of ether oxygens (including phenoxy) is 1. The summed E-state index contributed by atoms with van der Waals surface area (Å²) in [5.41, 5.74) is 3.38. The average molecular weight is 311 g/mol. The van der Waals surface area contributed by atoms with Gasteiger partial charge < -0.3 is 9.64 Å². The molecular weight excluding hydrogens is 286 g/mol. The zero-order chi connectivity index (χ0) is 16.8. The molecule has 0 saturated heterocycles. The van der Waals surface area contributed by atoms with Crippen LogP contribution < -0.4 is 4.74 Å². The van der Waals surface area contributed by atoms with Crippen LogP contribution in [0.4, 0.5) is 0 Å². The van der Waals surface area contributed by atoms with Crippen LogP contribution >= 0.6 is 0 Å². The van der Waals surface area contributed by atoms with Crippen LogP contribution in [0.1, 0.15) is 36.5 Å². The number of carbonyl (C=O) groups is 1. The van der Waals surface area contributed by atoms with Gasteiger partial charge in [0.2, 0.25) is 0 Å². The summed E-state index contributed by atoms with van der Waals surface area (Å²) in [7, 11) is 1.80. The molecule has 1 amide bonds. The highest BCUT2D eigenvalue weighted by Crippen LogP contribution is 2.27. The number of carbonyl (C=O) groups excluding carboxylic acids is 1. The Morgan fingerprint density at radius 2 is 1.83 bits per heavy atom. The van der Waals surface area contributed by atoms with Gasteiger partial charge in [0, 0.05) is 13.6 Å². The fourth-order valence-electron chi connectivity index (χ4n) is 2.44. The van der Waals surface area contributed by atoms with Gasteiger partial charge >= 0.3 is 0 Å². The van der Waals surface area contributed by atoms with Crippen molar-refractivity contribution in [3.63, 3.8) is 0 Å². The summed E-state index contributed by atoms with van der Waals surface area (Å²) in [6.45, 7) is 6.93. The summed E-state index contributed by atoms with van der Waals surface area (Å²) in [5.74, 6) is 1.15. The smallest absolute Gasteiger partial charge is 0.260 e. The maximum atomic E-state index is 12.3. The Balaban J connectivity index is 1.97. The van der Waals surface area contributed by atoms with Gasteiger partial charge in [-0.2, -0.15) is 0 Å². The second-order valence-electron chi connectivity index (χ2n) is 6.22. The number of hydrogen-bond acceptors (Lipinski definition) is 2. The number of rotatable bonds is 6. The van der Waals surface area contributed by atoms with E-state index in [0.717, 1.165) is 22.4 Å². The number of aryl methyl sites for hydroxylation is 1. The van der Waals surface area contributed by atoms with E-state index in [0.29, 0.717) is 12.5 Å². The quantitative estimate of drug-likeness (QED) is 0.802. The first-order chi connectivity index (χ1) is 11.0. The van der Waals surface area contributed by atoms with Crippen molar-refractivity contribution in [2.45, 2.75) is 33.2 Å². The predicted molar refractivity (Wildman–Crippen MR) is 93.7 cm³/mol. The molecule has 0 heterocycles. The third-order valence-electron chi connectivity index (χ3n) is 3.83. The highest BCUT2D eigenvalue weighted by Gasteiger charge is 2.13. The molecule has 0 aromatic heterocycles. The third kappa shape index (κ3) is 4.85. The number of benzene rings is 2. The SMILES string of the molecule is Cc1ccc(C(C)C)c(OCC(=O)N(C)Cc2ccccc2)c1. The summed E-state index contributed by atoms with van der Waals surface area (Å²) in [4.78, 5) is 14.0. The van der Waals surface area contributed by atoms with E-state index in [1.165, 1.54) is 0 Å². The first-order valence-electron chi connectivity index (χ1n) is 7.98. The van der Waals surface area contributed by atoms with Gasteiger partial charge in [0.05, 0.1) is 0 Å². The van der Waals surface area contributed by atoms with Crippen molar-refractivity contribution in [2.75, 3.05) is 13.7 Å². The van der Waals surface area contributed by atoms with E-state index in [-0.39, 0.29) is 12.5 Å². The lowest BCUT2D eigenvalue weighted by Crippen LogP contribution is -2.31. The Labute approximate surface area is 138 Å². The molecule has 2 aromatic carbocycles. The summed E-state index contributed by atoms with van der Waals surface area (Å²) in [5, 5.41) is 0. The van der Waals surface area contributed by atoms with Crippen LogP contribution in [0.3, 0.4) is 0 Å². The largest absolute Gasteiger partial charge is 0.483 e. The fourth-order valence-corrected chi connectivity index (χ4v) is 2.44. The summed E-state index contributed by atoms with van der Waals surface area (Å²) in [6, 6.07) is 16.1. The molecule has 0 atom stereocenters. The highest BCUT2D eigenvalue weighted by atomic mass is 16.5. The highest BCUT2D eigenvalue weighted by molar-refractivity contribution is 5.77. The monoisotopic (exact) mass is 311 g/mol. The van der Waals surface area contributed by atoms with E-state index in [4.69, 9.17) is 4.74 Å². The molecule has 0 fully saturated rings. The third-order valence-corrected chi connectivity index (χ3v) is 3.83. The molecule has 0 unspecified atom stereocenters. The van der Waals surface area contributed by atoms with E-state index in [9.17, 15) is 4.79 Å². The number of likely N-dealkylation sites (N-methyl/N-ethyl adjacent to an activating group) is 1.